The molecule has 138 valence electrons. The molecular weight excluding hydrogens is 320 g/mol. The van der Waals surface area contributed by atoms with Gasteiger partial charge in [-0.1, -0.05) is 58.0 Å². The molecule has 1 aliphatic rings. The van der Waals surface area contributed by atoms with E-state index in [0.717, 1.165) is 6.42 Å². The van der Waals surface area contributed by atoms with E-state index in [1.807, 2.05) is 18.2 Å². The lowest BCUT2D eigenvalue weighted by Gasteiger charge is -2.42. The summed E-state index contributed by atoms with van der Waals surface area (Å²) in [5, 5.41) is 0. The molecule has 2 heteroatoms. The number of carbonyl (C=O) groups excluding carboxylic acids is 1. The van der Waals surface area contributed by atoms with Crippen molar-refractivity contribution in [1.82, 2.24) is 0 Å². The topological polar surface area (TPSA) is 26.3 Å². The van der Waals surface area contributed by atoms with Crippen LogP contribution < -0.4 is 0 Å². The lowest BCUT2D eigenvalue weighted by molar-refractivity contribution is 0.0509. The van der Waals surface area contributed by atoms with Gasteiger partial charge in [-0.15, -0.1) is 0 Å². The van der Waals surface area contributed by atoms with Gasteiger partial charge in [0.05, 0.1) is 12.2 Å². The zero-order chi connectivity index (χ0) is 18.9. The van der Waals surface area contributed by atoms with Gasteiger partial charge in [-0.25, -0.2) is 4.79 Å². The van der Waals surface area contributed by atoms with Crippen molar-refractivity contribution in [2.24, 2.45) is 0 Å². The van der Waals surface area contributed by atoms with Gasteiger partial charge < -0.3 is 4.74 Å². The lowest BCUT2D eigenvalue weighted by atomic mass is 9.62. The number of rotatable bonds is 4. The highest BCUT2D eigenvalue weighted by molar-refractivity contribution is 5.89. The van der Waals surface area contributed by atoms with Gasteiger partial charge in [0.1, 0.15) is 0 Å². The second-order valence-corrected chi connectivity index (χ2v) is 8.84. The van der Waals surface area contributed by atoms with Gasteiger partial charge in [-0.3, -0.25) is 0 Å². The first-order valence-electron chi connectivity index (χ1n) is 9.57. The van der Waals surface area contributed by atoms with Crippen LogP contribution in [-0.2, 0) is 22.0 Å². The van der Waals surface area contributed by atoms with Gasteiger partial charge in [-0.05, 0) is 65.0 Å². The predicted molar refractivity (Wildman–Crippen MR) is 107 cm³/mol. The van der Waals surface area contributed by atoms with E-state index in [-0.39, 0.29) is 16.8 Å². The second-order valence-electron chi connectivity index (χ2n) is 8.84. The summed E-state index contributed by atoms with van der Waals surface area (Å²) in [6, 6.07) is 13.9. The molecular formula is C24H30O2. The third-order valence-corrected chi connectivity index (χ3v) is 5.92. The van der Waals surface area contributed by atoms with Gasteiger partial charge in [-0.2, -0.15) is 0 Å². The molecule has 0 unspecified atom stereocenters. The first-order valence-corrected chi connectivity index (χ1v) is 9.57. The van der Waals surface area contributed by atoms with Crippen molar-refractivity contribution in [3.8, 4) is 0 Å². The van der Waals surface area contributed by atoms with Crippen LogP contribution in [0.3, 0.4) is 0 Å². The Morgan fingerprint density at radius 2 is 1.54 bits per heavy atom. The Kier molecular flexibility index (Phi) is 4.96. The van der Waals surface area contributed by atoms with Crippen LogP contribution in [-0.4, -0.2) is 12.6 Å². The van der Waals surface area contributed by atoms with E-state index in [0.29, 0.717) is 12.2 Å². The molecule has 2 nitrogen and oxygen atoms in total. The zero-order valence-corrected chi connectivity index (χ0v) is 16.7. The molecule has 3 rings (SSSR count). The summed E-state index contributed by atoms with van der Waals surface area (Å²) >= 11 is 0. The summed E-state index contributed by atoms with van der Waals surface area (Å²) in [6.07, 6.45) is 3.19. The highest BCUT2D eigenvalue weighted by atomic mass is 16.5. The summed E-state index contributed by atoms with van der Waals surface area (Å²) in [7, 11) is 0. The van der Waals surface area contributed by atoms with E-state index in [2.05, 4.69) is 46.8 Å². The molecule has 26 heavy (non-hydrogen) atoms. The standard InChI is InChI=1S/C24H30O2/c1-17-15-20-21(24(4,5)13-12-23(20,2)3)16-19(17)11-14-26-22(25)18-9-7-6-8-10-18/h6-10,15-16H,11-14H2,1-5H3. The van der Waals surface area contributed by atoms with E-state index in [9.17, 15) is 4.79 Å². The SMILES string of the molecule is Cc1cc2c(cc1CCOC(=O)c1ccccc1)C(C)(C)CCC2(C)C. The van der Waals surface area contributed by atoms with Crippen molar-refractivity contribution >= 4 is 5.97 Å². The molecule has 0 atom stereocenters. The van der Waals surface area contributed by atoms with Crippen LogP contribution in [0, 0.1) is 6.92 Å². The summed E-state index contributed by atoms with van der Waals surface area (Å²) in [5.74, 6) is -0.248. The molecule has 2 aromatic rings. The molecule has 2 aromatic carbocycles. The van der Waals surface area contributed by atoms with Gasteiger partial charge >= 0.3 is 5.97 Å². The van der Waals surface area contributed by atoms with Crippen molar-refractivity contribution in [3.05, 3.63) is 70.3 Å². The molecule has 0 radical (unpaired) electrons. The fourth-order valence-corrected chi connectivity index (χ4v) is 3.95. The van der Waals surface area contributed by atoms with E-state index >= 15 is 0 Å². The van der Waals surface area contributed by atoms with Crippen LogP contribution in [0.15, 0.2) is 42.5 Å². The number of ether oxygens (including phenoxy) is 1. The quantitative estimate of drug-likeness (QED) is 0.657. The van der Waals surface area contributed by atoms with Crippen molar-refractivity contribution in [2.75, 3.05) is 6.61 Å². The number of hydrogen-bond acceptors (Lipinski definition) is 2. The smallest absolute Gasteiger partial charge is 0.338 e. The number of fused-ring (bicyclic) bond motifs is 1. The molecule has 0 aromatic heterocycles. The average Bonchev–Trinajstić information content (AvgIpc) is 2.60. The third kappa shape index (κ3) is 3.70. The minimum atomic E-state index is -0.248. The Hall–Kier alpha value is -2.09. The van der Waals surface area contributed by atoms with Crippen molar-refractivity contribution < 1.29 is 9.53 Å². The van der Waals surface area contributed by atoms with Crippen LogP contribution in [0.4, 0.5) is 0 Å². The first kappa shape index (κ1) is 18.7. The molecule has 0 saturated heterocycles. The normalized spacial score (nSPS) is 17.4. The largest absolute Gasteiger partial charge is 0.462 e. The summed E-state index contributed by atoms with van der Waals surface area (Å²) in [4.78, 5) is 12.1. The Labute approximate surface area is 157 Å². The molecule has 0 aliphatic heterocycles. The maximum Gasteiger partial charge on any atom is 0.338 e. The van der Waals surface area contributed by atoms with Crippen molar-refractivity contribution in [2.45, 2.75) is 64.7 Å². The number of benzene rings is 2. The lowest BCUT2D eigenvalue weighted by Crippen LogP contribution is -2.34. The number of hydrogen-bond donors (Lipinski definition) is 0. The monoisotopic (exact) mass is 350 g/mol. The molecule has 0 saturated carbocycles. The highest BCUT2D eigenvalue weighted by Crippen LogP contribution is 2.46. The molecule has 0 bridgehead atoms. The Balaban J connectivity index is 1.76. The van der Waals surface area contributed by atoms with E-state index in [4.69, 9.17) is 4.74 Å². The Bertz CT molecular complexity index is 800. The van der Waals surface area contributed by atoms with Crippen LogP contribution in [0.2, 0.25) is 0 Å². The molecule has 0 fully saturated rings. The van der Waals surface area contributed by atoms with E-state index in [1.165, 1.54) is 35.1 Å². The predicted octanol–water partition coefficient (Wildman–Crippen LogP) is 5.74. The molecule has 0 N–H and O–H groups in total. The summed E-state index contributed by atoms with van der Waals surface area (Å²) in [6.45, 7) is 12.0. The Morgan fingerprint density at radius 3 is 2.15 bits per heavy atom. The first-order chi connectivity index (χ1) is 12.2. The Morgan fingerprint density at radius 1 is 0.962 bits per heavy atom. The average molecular weight is 351 g/mol. The van der Waals surface area contributed by atoms with Crippen molar-refractivity contribution in [3.63, 3.8) is 0 Å². The minimum Gasteiger partial charge on any atom is -0.462 e. The van der Waals surface area contributed by atoms with Crippen LogP contribution in [0.25, 0.3) is 0 Å². The van der Waals surface area contributed by atoms with Gasteiger partial charge in [0, 0.05) is 6.42 Å². The summed E-state index contributed by atoms with van der Waals surface area (Å²) in [5.41, 5.74) is 6.57. The second kappa shape index (κ2) is 6.90. The molecule has 1 aliphatic carbocycles. The highest BCUT2D eigenvalue weighted by Gasteiger charge is 2.37. The summed E-state index contributed by atoms with van der Waals surface area (Å²) < 4.78 is 5.49. The zero-order valence-electron chi connectivity index (χ0n) is 16.7. The van der Waals surface area contributed by atoms with Crippen LogP contribution in [0.1, 0.15) is 73.1 Å². The maximum atomic E-state index is 12.1. The maximum absolute atomic E-state index is 12.1. The molecule has 0 amide bonds. The molecule has 0 spiro atoms. The third-order valence-electron chi connectivity index (χ3n) is 5.92. The van der Waals surface area contributed by atoms with Crippen LogP contribution in [0.5, 0.6) is 0 Å². The van der Waals surface area contributed by atoms with Crippen LogP contribution >= 0.6 is 0 Å². The van der Waals surface area contributed by atoms with Gasteiger partial charge in [0.25, 0.3) is 0 Å². The fraction of sp³-hybridized carbons (Fsp3) is 0.458. The fourth-order valence-electron chi connectivity index (χ4n) is 3.95. The van der Waals surface area contributed by atoms with Gasteiger partial charge in [0.2, 0.25) is 0 Å². The number of esters is 1. The number of aryl methyl sites for hydroxylation is 1. The van der Waals surface area contributed by atoms with Gasteiger partial charge in [0.15, 0.2) is 0 Å². The molecule has 0 heterocycles. The number of carbonyl (C=O) groups is 1. The van der Waals surface area contributed by atoms with E-state index < -0.39 is 0 Å². The van der Waals surface area contributed by atoms with Crippen molar-refractivity contribution in [1.29, 1.82) is 0 Å². The minimum absolute atomic E-state index is 0.202. The van der Waals surface area contributed by atoms with E-state index in [1.54, 1.807) is 12.1 Å².